The number of methoxy groups -OCH3 is 1. The van der Waals surface area contributed by atoms with E-state index in [9.17, 15) is 4.79 Å². The van der Waals surface area contributed by atoms with E-state index in [1.54, 1.807) is 19.6 Å². The van der Waals surface area contributed by atoms with Gasteiger partial charge in [-0.2, -0.15) is 0 Å². The Kier molecular flexibility index (Phi) is 4.53. The van der Waals surface area contributed by atoms with Gasteiger partial charge >= 0.3 is 0 Å². The summed E-state index contributed by atoms with van der Waals surface area (Å²) in [7, 11) is 1.68. The number of nitrogens with zero attached hydrogens (tertiary/aromatic N) is 2. The Morgan fingerprint density at radius 2 is 2.32 bits per heavy atom. The van der Waals surface area contributed by atoms with Gasteiger partial charge in [0.05, 0.1) is 31.1 Å². The predicted molar refractivity (Wildman–Crippen MR) is 83.5 cm³/mol. The zero-order valence-electron chi connectivity index (χ0n) is 12.8. The maximum absolute atomic E-state index is 12.5. The van der Waals surface area contributed by atoms with E-state index >= 15 is 0 Å². The first-order chi connectivity index (χ1) is 10.8. The second-order valence-corrected chi connectivity index (χ2v) is 5.58. The van der Waals surface area contributed by atoms with Crippen LogP contribution in [0.15, 0.2) is 36.8 Å². The van der Waals surface area contributed by atoms with Gasteiger partial charge in [0.2, 0.25) is 5.91 Å². The number of imidazole rings is 1. The molecule has 1 aromatic carbocycles. The molecule has 1 aliphatic carbocycles. The third-order valence-corrected chi connectivity index (χ3v) is 4.23. The van der Waals surface area contributed by atoms with Crippen molar-refractivity contribution in [2.24, 2.45) is 0 Å². The van der Waals surface area contributed by atoms with E-state index in [0.717, 1.165) is 25.1 Å². The number of amides is 1. The number of fused-ring (bicyclic) bond motifs is 1. The Morgan fingerprint density at radius 1 is 1.45 bits per heavy atom. The van der Waals surface area contributed by atoms with E-state index in [0.29, 0.717) is 13.2 Å². The Balaban J connectivity index is 1.61. The third-order valence-electron chi connectivity index (χ3n) is 4.23. The van der Waals surface area contributed by atoms with Gasteiger partial charge in [-0.1, -0.05) is 24.3 Å². The maximum Gasteiger partial charge on any atom is 0.227 e. The fourth-order valence-electron chi connectivity index (χ4n) is 3.02. The van der Waals surface area contributed by atoms with Crippen LogP contribution in [-0.2, 0) is 29.0 Å². The SMILES string of the molecule is COCCn1cncc1CNC(=O)[C@@H]1CCc2ccccc21. The summed E-state index contributed by atoms with van der Waals surface area (Å²) < 4.78 is 7.09. The number of benzene rings is 1. The van der Waals surface area contributed by atoms with Crippen LogP contribution in [0, 0.1) is 0 Å². The molecular formula is C17H21N3O2. The molecule has 0 aliphatic heterocycles. The highest BCUT2D eigenvalue weighted by atomic mass is 16.5. The number of hydrogen-bond donors (Lipinski definition) is 1. The summed E-state index contributed by atoms with van der Waals surface area (Å²) in [6, 6.07) is 8.22. The van der Waals surface area contributed by atoms with Crippen LogP contribution in [0.1, 0.15) is 29.2 Å². The molecule has 0 saturated carbocycles. The third kappa shape index (κ3) is 3.04. The number of ether oxygens (including phenoxy) is 1. The van der Waals surface area contributed by atoms with Gasteiger partial charge in [-0.05, 0) is 24.0 Å². The first-order valence-electron chi connectivity index (χ1n) is 7.63. The van der Waals surface area contributed by atoms with E-state index < -0.39 is 0 Å². The molecule has 0 spiro atoms. The number of carbonyl (C=O) groups is 1. The molecule has 1 aliphatic rings. The predicted octanol–water partition coefficient (Wildman–Crippen LogP) is 1.88. The largest absolute Gasteiger partial charge is 0.383 e. The summed E-state index contributed by atoms with van der Waals surface area (Å²) in [6.07, 6.45) is 5.44. The molecule has 1 heterocycles. The Bertz CT molecular complexity index is 651. The van der Waals surface area contributed by atoms with Crippen molar-refractivity contribution in [3.05, 3.63) is 53.6 Å². The number of hydrogen-bond acceptors (Lipinski definition) is 3. The van der Waals surface area contributed by atoms with Crippen LogP contribution in [0.2, 0.25) is 0 Å². The van der Waals surface area contributed by atoms with Gasteiger partial charge in [-0.15, -0.1) is 0 Å². The van der Waals surface area contributed by atoms with E-state index in [4.69, 9.17) is 4.74 Å². The van der Waals surface area contributed by atoms with Crippen LogP contribution >= 0.6 is 0 Å². The Morgan fingerprint density at radius 3 is 3.18 bits per heavy atom. The number of nitrogens with one attached hydrogen (secondary N) is 1. The van der Waals surface area contributed by atoms with Gasteiger partial charge in [-0.25, -0.2) is 4.98 Å². The molecule has 1 N–H and O–H groups in total. The quantitative estimate of drug-likeness (QED) is 0.886. The highest BCUT2D eigenvalue weighted by Crippen LogP contribution is 2.32. The first-order valence-corrected chi connectivity index (χ1v) is 7.63. The number of aromatic nitrogens is 2. The smallest absolute Gasteiger partial charge is 0.227 e. The number of aryl methyl sites for hydroxylation is 1. The fourth-order valence-corrected chi connectivity index (χ4v) is 3.02. The van der Waals surface area contributed by atoms with Crippen molar-refractivity contribution < 1.29 is 9.53 Å². The minimum Gasteiger partial charge on any atom is -0.383 e. The summed E-state index contributed by atoms with van der Waals surface area (Å²) >= 11 is 0. The Labute approximate surface area is 130 Å². The average molecular weight is 299 g/mol. The molecule has 22 heavy (non-hydrogen) atoms. The van der Waals surface area contributed by atoms with E-state index in [1.807, 2.05) is 16.7 Å². The van der Waals surface area contributed by atoms with Gasteiger partial charge in [-0.3, -0.25) is 4.79 Å². The molecule has 1 aromatic heterocycles. The lowest BCUT2D eigenvalue weighted by atomic mass is 10.0. The highest BCUT2D eigenvalue weighted by Gasteiger charge is 2.27. The van der Waals surface area contributed by atoms with E-state index in [2.05, 4.69) is 22.4 Å². The monoisotopic (exact) mass is 299 g/mol. The molecule has 0 saturated heterocycles. The van der Waals surface area contributed by atoms with Crippen LogP contribution in [0.25, 0.3) is 0 Å². The maximum atomic E-state index is 12.5. The van der Waals surface area contributed by atoms with Gasteiger partial charge in [0.15, 0.2) is 0 Å². The second-order valence-electron chi connectivity index (χ2n) is 5.58. The lowest BCUT2D eigenvalue weighted by molar-refractivity contribution is -0.122. The molecular weight excluding hydrogens is 278 g/mol. The molecule has 1 amide bonds. The van der Waals surface area contributed by atoms with Gasteiger partial charge in [0.25, 0.3) is 0 Å². The molecule has 0 bridgehead atoms. The van der Waals surface area contributed by atoms with Crippen LogP contribution < -0.4 is 5.32 Å². The second kappa shape index (κ2) is 6.75. The number of carbonyl (C=O) groups excluding carboxylic acids is 1. The zero-order valence-corrected chi connectivity index (χ0v) is 12.8. The minimum absolute atomic E-state index is 0.0217. The van der Waals surface area contributed by atoms with Gasteiger partial charge in [0.1, 0.15) is 0 Å². The van der Waals surface area contributed by atoms with Crippen molar-refractivity contribution >= 4 is 5.91 Å². The molecule has 0 unspecified atom stereocenters. The summed E-state index contributed by atoms with van der Waals surface area (Å²) in [4.78, 5) is 16.6. The molecule has 1 atom stereocenters. The van der Waals surface area contributed by atoms with Crippen molar-refractivity contribution in [2.45, 2.75) is 31.8 Å². The van der Waals surface area contributed by atoms with Crippen LogP contribution in [0.3, 0.4) is 0 Å². The number of rotatable bonds is 6. The van der Waals surface area contributed by atoms with Crippen LogP contribution in [0.5, 0.6) is 0 Å². The lowest BCUT2D eigenvalue weighted by Gasteiger charge is -2.13. The molecule has 3 rings (SSSR count). The van der Waals surface area contributed by atoms with Crippen molar-refractivity contribution in [2.75, 3.05) is 13.7 Å². The van der Waals surface area contributed by atoms with E-state index in [1.165, 1.54) is 11.1 Å². The standard InChI is InChI=1S/C17H21N3O2/c1-22-9-8-20-12-18-10-14(20)11-19-17(21)16-7-6-13-4-2-3-5-15(13)16/h2-5,10,12,16H,6-9,11H2,1H3,(H,19,21)/t16-/m1/s1. The highest BCUT2D eigenvalue weighted by molar-refractivity contribution is 5.84. The van der Waals surface area contributed by atoms with Crippen LogP contribution in [0.4, 0.5) is 0 Å². The summed E-state index contributed by atoms with van der Waals surface area (Å²) in [5, 5.41) is 3.04. The van der Waals surface area contributed by atoms with Crippen molar-refractivity contribution in [1.82, 2.24) is 14.9 Å². The minimum atomic E-state index is -0.0217. The summed E-state index contributed by atoms with van der Waals surface area (Å²) in [5.41, 5.74) is 3.47. The van der Waals surface area contributed by atoms with Crippen LogP contribution in [-0.4, -0.2) is 29.2 Å². The lowest BCUT2D eigenvalue weighted by Crippen LogP contribution is -2.29. The molecule has 0 fully saturated rings. The van der Waals surface area contributed by atoms with Crippen molar-refractivity contribution in [1.29, 1.82) is 0 Å². The topological polar surface area (TPSA) is 56.1 Å². The molecule has 0 radical (unpaired) electrons. The summed E-state index contributed by atoms with van der Waals surface area (Å²) in [6.45, 7) is 1.88. The van der Waals surface area contributed by atoms with Gasteiger partial charge in [0, 0.05) is 19.9 Å². The van der Waals surface area contributed by atoms with E-state index in [-0.39, 0.29) is 11.8 Å². The molecule has 116 valence electrons. The molecule has 2 aromatic rings. The average Bonchev–Trinajstić information content (AvgIpc) is 3.17. The summed E-state index contributed by atoms with van der Waals surface area (Å²) in [5.74, 6) is 0.0796. The zero-order chi connectivity index (χ0) is 15.4. The van der Waals surface area contributed by atoms with Gasteiger partial charge < -0.3 is 14.6 Å². The first kappa shape index (κ1) is 14.8. The van der Waals surface area contributed by atoms with Crippen molar-refractivity contribution in [3.8, 4) is 0 Å². The normalized spacial score (nSPS) is 16.5. The molecule has 5 nitrogen and oxygen atoms in total. The fraction of sp³-hybridized carbons (Fsp3) is 0.412. The van der Waals surface area contributed by atoms with Crippen molar-refractivity contribution in [3.63, 3.8) is 0 Å². The Hall–Kier alpha value is -2.14. The molecule has 5 heteroatoms.